The van der Waals surface area contributed by atoms with E-state index in [-0.39, 0.29) is 24.2 Å². The number of halogens is 1. The lowest BCUT2D eigenvalue weighted by atomic mass is 10.2. The van der Waals surface area contributed by atoms with E-state index in [9.17, 15) is 14.0 Å². The molecule has 0 unspecified atom stereocenters. The summed E-state index contributed by atoms with van der Waals surface area (Å²) in [5.41, 5.74) is 1.05. The first-order valence-electron chi connectivity index (χ1n) is 10.2. The number of carbonyl (C=O) groups excluding carboxylic acids is 2. The first-order chi connectivity index (χ1) is 14.5. The zero-order chi connectivity index (χ0) is 21.3. The van der Waals surface area contributed by atoms with E-state index < -0.39 is 6.04 Å². The van der Waals surface area contributed by atoms with E-state index in [4.69, 9.17) is 4.74 Å². The third kappa shape index (κ3) is 6.56. The summed E-state index contributed by atoms with van der Waals surface area (Å²) in [7, 11) is 0. The molecule has 1 aliphatic heterocycles. The fourth-order valence-corrected chi connectivity index (χ4v) is 3.48. The number of nitrogens with zero attached hydrogens (tertiary/aromatic N) is 2. The summed E-state index contributed by atoms with van der Waals surface area (Å²) in [5.74, 6) is -0.0452. The molecule has 1 atom stereocenters. The monoisotopic (exact) mass is 413 g/mol. The highest BCUT2D eigenvalue weighted by Crippen LogP contribution is 2.11. The standard InChI is InChI=1S/C23H28FN3O3/c1-18(25-22(28)17-30-21-6-3-2-4-7-21)23(29)27-13-5-12-26(14-15-27)16-19-8-10-20(24)11-9-19/h2-4,6-11,18H,5,12-17H2,1H3,(H,25,28)/t18-/m0/s1. The minimum absolute atomic E-state index is 0.0910. The Morgan fingerprint density at radius 1 is 1.03 bits per heavy atom. The molecule has 2 aromatic rings. The van der Waals surface area contributed by atoms with Gasteiger partial charge in [-0.3, -0.25) is 14.5 Å². The smallest absolute Gasteiger partial charge is 0.258 e. The topological polar surface area (TPSA) is 61.9 Å². The van der Waals surface area contributed by atoms with Crippen molar-refractivity contribution in [1.82, 2.24) is 15.1 Å². The first-order valence-corrected chi connectivity index (χ1v) is 10.2. The number of para-hydroxylation sites is 1. The average Bonchev–Trinajstić information content (AvgIpc) is 2.99. The number of ether oxygens (including phenoxy) is 1. The summed E-state index contributed by atoms with van der Waals surface area (Å²) in [5, 5.41) is 2.72. The predicted octanol–water partition coefficient (Wildman–Crippen LogP) is 2.44. The van der Waals surface area contributed by atoms with Crippen molar-refractivity contribution in [3.63, 3.8) is 0 Å². The van der Waals surface area contributed by atoms with Crippen LogP contribution in [0.15, 0.2) is 54.6 Å². The van der Waals surface area contributed by atoms with Gasteiger partial charge in [-0.25, -0.2) is 4.39 Å². The van der Waals surface area contributed by atoms with Gasteiger partial charge < -0.3 is 15.0 Å². The zero-order valence-electron chi connectivity index (χ0n) is 17.2. The molecule has 1 N–H and O–H groups in total. The fourth-order valence-electron chi connectivity index (χ4n) is 3.48. The summed E-state index contributed by atoms with van der Waals surface area (Å²) in [6, 6.07) is 15.0. The van der Waals surface area contributed by atoms with E-state index in [1.54, 1.807) is 36.1 Å². The highest BCUT2D eigenvalue weighted by molar-refractivity contribution is 5.87. The Balaban J connectivity index is 1.44. The van der Waals surface area contributed by atoms with Gasteiger partial charge >= 0.3 is 0 Å². The Hall–Kier alpha value is -2.93. The number of carbonyl (C=O) groups is 2. The predicted molar refractivity (Wildman–Crippen MR) is 112 cm³/mol. The summed E-state index contributed by atoms with van der Waals surface area (Å²) in [6.07, 6.45) is 0.852. The van der Waals surface area contributed by atoms with E-state index >= 15 is 0 Å². The fraction of sp³-hybridized carbons (Fsp3) is 0.391. The van der Waals surface area contributed by atoms with Crippen molar-refractivity contribution in [3.05, 3.63) is 66.0 Å². The van der Waals surface area contributed by atoms with Gasteiger partial charge in [-0.1, -0.05) is 30.3 Å². The maximum Gasteiger partial charge on any atom is 0.258 e. The van der Waals surface area contributed by atoms with Gasteiger partial charge in [-0.15, -0.1) is 0 Å². The summed E-state index contributed by atoms with van der Waals surface area (Å²) < 4.78 is 18.5. The van der Waals surface area contributed by atoms with Gasteiger partial charge in [-0.2, -0.15) is 0 Å². The van der Waals surface area contributed by atoms with Crippen LogP contribution in [-0.2, 0) is 16.1 Å². The van der Waals surface area contributed by atoms with Crippen molar-refractivity contribution in [2.45, 2.75) is 25.9 Å². The van der Waals surface area contributed by atoms with E-state index in [1.807, 2.05) is 18.2 Å². The van der Waals surface area contributed by atoms with Crippen LogP contribution in [0.1, 0.15) is 18.9 Å². The number of benzene rings is 2. The van der Waals surface area contributed by atoms with Crippen LogP contribution >= 0.6 is 0 Å². The zero-order valence-corrected chi connectivity index (χ0v) is 17.2. The van der Waals surface area contributed by atoms with Crippen molar-refractivity contribution in [2.24, 2.45) is 0 Å². The van der Waals surface area contributed by atoms with Gasteiger partial charge in [-0.05, 0) is 43.2 Å². The molecule has 3 rings (SSSR count). The molecular formula is C23H28FN3O3. The van der Waals surface area contributed by atoms with E-state index in [0.717, 1.165) is 31.6 Å². The maximum absolute atomic E-state index is 13.1. The number of nitrogens with one attached hydrogen (secondary N) is 1. The average molecular weight is 413 g/mol. The van der Waals surface area contributed by atoms with Gasteiger partial charge in [0.2, 0.25) is 5.91 Å². The minimum atomic E-state index is -0.611. The van der Waals surface area contributed by atoms with Crippen LogP contribution in [0.4, 0.5) is 4.39 Å². The van der Waals surface area contributed by atoms with Crippen LogP contribution in [0, 0.1) is 5.82 Å². The molecule has 0 aromatic heterocycles. The molecule has 160 valence electrons. The molecule has 1 saturated heterocycles. The third-order valence-corrected chi connectivity index (χ3v) is 5.08. The Morgan fingerprint density at radius 2 is 1.77 bits per heavy atom. The van der Waals surface area contributed by atoms with Crippen LogP contribution in [0.5, 0.6) is 5.75 Å². The molecule has 2 aromatic carbocycles. The largest absolute Gasteiger partial charge is 0.484 e. The van der Waals surface area contributed by atoms with Gasteiger partial charge in [0, 0.05) is 32.7 Å². The van der Waals surface area contributed by atoms with E-state index in [2.05, 4.69) is 10.2 Å². The second kappa shape index (κ2) is 10.7. The normalized spacial score (nSPS) is 15.9. The Labute approximate surface area is 176 Å². The Morgan fingerprint density at radius 3 is 2.50 bits per heavy atom. The lowest BCUT2D eigenvalue weighted by Crippen LogP contribution is -2.49. The summed E-state index contributed by atoms with van der Waals surface area (Å²) in [4.78, 5) is 29.0. The molecule has 1 fully saturated rings. The summed E-state index contributed by atoms with van der Waals surface area (Å²) in [6.45, 7) is 5.15. The number of rotatable bonds is 7. The number of hydrogen-bond donors (Lipinski definition) is 1. The SMILES string of the molecule is C[C@H](NC(=O)COc1ccccc1)C(=O)N1CCCN(Cc2ccc(F)cc2)CC1. The molecule has 1 aliphatic rings. The minimum Gasteiger partial charge on any atom is -0.484 e. The maximum atomic E-state index is 13.1. The van der Waals surface area contributed by atoms with E-state index in [0.29, 0.717) is 18.8 Å². The third-order valence-electron chi connectivity index (χ3n) is 5.08. The van der Waals surface area contributed by atoms with Crippen LogP contribution in [0.2, 0.25) is 0 Å². The molecule has 0 spiro atoms. The Kier molecular flexibility index (Phi) is 7.79. The molecule has 0 aliphatic carbocycles. The second-order valence-electron chi connectivity index (χ2n) is 7.47. The van der Waals surface area contributed by atoms with Crippen molar-refractivity contribution in [2.75, 3.05) is 32.8 Å². The van der Waals surface area contributed by atoms with Gasteiger partial charge in [0.1, 0.15) is 17.6 Å². The van der Waals surface area contributed by atoms with Gasteiger partial charge in [0.15, 0.2) is 6.61 Å². The van der Waals surface area contributed by atoms with Crippen LogP contribution < -0.4 is 10.1 Å². The van der Waals surface area contributed by atoms with Crippen LogP contribution in [0.3, 0.4) is 0 Å². The van der Waals surface area contributed by atoms with Crippen LogP contribution in [0.25, 0.3) is 0 Å². The highest BCUT2D eigenvalue weighted by atomic mass is 19.1. The molecule has 7 heteroatoms. The lowest BCUT2D eigenvalue weighted by molar-refractivity contribution is -0.136. The molecule has 6 nitrogen and oxygen atoms in total. The Bertz CT molecular complexity index is 829. The van der Waals surface area contributed by atoms with Gasteiger partial charge in [0.25, 0.3) is 5.91 Å². The molecule has 0 bridgehead atoms. The number of hydrogen-bond acceptors (Lipinski definition) is 4. The molecule has 1 heterocycles. The molecule has 0 saturated carbocycles. The molecule has 0 radical (unpaired) electrons. The van der Waals surface area contributed by atoms with Crippen molar-refractivity contribution in [1.29, 1.82) is 0 Å². The van der Waals surface area contributed by atoms with Crippen LogP contribution in [-0.4, -0.2) is 60.4 Å². The number of amides is 2. The van der Waals surface area contributed by atoms with Crippen molar-refractivity contribution < 1.29 is 18.7 Å². The van der Waals surface area contributed by atoms with Gasteiger partial charge in [0.05, 0.1) is 0 Å². The first kappa shape index (κ1) is 21.8. The molecular weight excluding hydrogens is 385 g/mol. The van der Waals surface area contributed by atoms with Crippen molar-refractivity contribution >= 4 is 11.8 Å². The lowest BCUT2D eigenvalue weighted by Gasteiger charge is -2.25. The quantitative estimate of drug-likeness (QED) is 0.758. The van der Waals surface area contributed by atoms with Crippen molar-refractivity contribution in [3.8, 4) is 5.75 Å². The second-order valence-corrected chi connectivity index (χ2v) is 7.47. The highest BCUT2D eigenvalue weighted by Gasteiger charge is 2.24. The molecule has 30 heavy (non-hydrogen) atoms. The van der Waals surface area contributed by atoms with E-state index in [1.165, 1.54) is 12.1 Å². The molecule has 2 amide bonds. The summed E-state index contributed by atoms with van der Waals surface area (Å²) >= 11 is 0.